The average molecular weight is 324 g/mol. The first-order valence-corrected chi connectivity index (χ1v) is 8.02. The lowest BCUT2D eigenvalue weighted by molar-refractivity contribution is 0.629. The van der Waals surface area contributed by atoms with E-state index in [4.69, 9.17) is 0 Å². The summed E-state index contributed by atoms with van der Waals surface area (Å²) in [5.74, 6) is -0.252. The summed E-state index contributed by atoms with van der Waals surface area (Å²) in [6.45, 7) is 0. The van der Waals surface area contributed by atoms with E-state index in [2.05, 4.69) is 20.3 Å². The van der Waals surface area contributed by atoms with Gasteiger partial charge in [-0.15, -0.1) is 11.3 Å². The maximum atomic E-state index is 13.7. The van der Waals surface area contributed by atoms with Crippen LogP contribution in [0.25, 0.3) is 10.9 Å². The van der Waals surface area contributed by atoms with Crippen LogP contribution in [0.15, 0.2) is 60.5 Å². The highest BCUT2D eigenvalue weighted by Crippen LogP contribution is 2.32. The molecule has 0 saturated heterocycles. The highest BCUT2D eigenvalue weighted by Gasteiger charge is 2.19. The second-order valence-electron chi connectivity index (χ2n) is 5.13. The molecule has 114 valence electrons. The molecular weight excluding hydrogens is 311 g/mol. The van der Waals surface area contributed by atoms with Crippen molar-refractivity contribution >= 4 is 27.4 Å². The third-order valence-corrected chi connectivity index (χ3v) is 4.41. The molecule has 0 radical (unpaired) electrons. The number of fused-ring (bicyclic) bond motifs is 1. The fourth-order valence-electron chi connectivity index (χ4n) is 2.66. The molecule has 1 unspecified atom stereocenters. The highest BCUT2D eigenvalue weighted by atomic mass is 32.1. The summed E-state index contributed by atoms with van der Waals surface area (Å²) >= 11 is 1.52. The maximum Gasteiger partial charge on any atom is 0.183 e. The Balaban J connectivity index is 1.84. The van der Waals surface area contributed by atoms with Gasteiger partial charge >= 0.3 is 0 Å². The van der Waals surface area contributed by atoms with Gasteiger partial charge in [0.1, 0.15) is 5.82 Å². The summed E-state index contributed by atoms with van der Waals surface area (Å²) in [6, 6.07) is 8.48. The first-order valence-electron chi connectivity index (χ1n) is 7.14. The molecule has 0 bridgehead atoms. The zero-order valence-electron chi connectivity index (χ0n) is 12.0. The van der Waals surface area contributed by atoms with Crippen molar-refractivity contribution in [3.8, 4) is 0 Å². The lowest BCUT2D eigenvalue weighted by Crippen LogP contribution is -2.12. The van der Waals surface area contributed by atoms with E-state index in [1.54, 1.807) is 24.5 Å². The third-order valence-electron chi connectivity index (χ3n) is 3.70. The SMILES string of the molecule is Fc1ccc2[nH]cc(C(Nc3nccs3)c3cccnc3)c2c1. The molecule has 4 nitrogen and oxygen atoms in total. The second kappa shape index (κ2) is 5.81. The molecule has 4 aromatic rings. The number of nitrogens with one attached hydrogen (secondary N) is 2. The predicted octanol–water partition coefficient (Wildman–Crippen LogP) is 4.36. The monoisotopic (exact) mass is 324 g/mol. The molecule has 0 spiro atoms. The van der Waals surface area contributed by atoms with E-state index >= 15 is 0 Å². The highest BCUT2D eigenvalue weighted by molar-refractivity contribution is 7.13. The number of hydrogen-bond acceptors (Lipinski definition) is 4. The molecule has 0 fully saturated rings. The van der Waals surface area contributed by atoms with Crippen molar-refractivity contribution in [1.82, 2.24) is 15.0 Å². The largest absolute Gasteiger partial charge is 0.361 e. The Bertz CT molecular complexity index is 918. The number of rotatable bonds is 4. The molecule has 6 heteroatoms. The van der Waals surface area contributed by atoms with Crippen LogP contribution in [0.1, 0.15) is 17.2 Å². The molecule has 1 atom stereocenters. The normalized spacial score (nSPS) is 12.4. The molecule has 4 rings (SSSR count). The van der Waals surface area contributed by atoms with Crippen molar-refractivity contribution < 1.29 is 4.39 Å². The number of aromatic amines is 1. The number of halogens is 1. The molecule has 0 aliphatic heterocycles. The van der Waals surface area contributed by atoms with Crippen molar-refractivity contribution in [2.24, 2.45) is 0 Å². The summed E-state index contributed by atoms with van der Waals surface area (Å²) in [4.78, 5) is 11.7. The van der Waals surface area contributed by atoms with Crippen LogP contribution in [0, 0.1) is 5.82 Å². The topological polar surface area (TPSA) is 53.6 Å². The van der Waals surface area contributed by atoms with Crippen LogP contribution in [-0.2, 0) is 0 Å². The summed E-state index contributed by atoms with van der Waals surface area (Å²) < 4.78 is 13.7. The summed E-state index contributed by atoms with van der Waals surface area (Å²) in [6.07, 6.45) is 7.20. The van der Waals surface area contributed by atoms with Crippen molar-refractivity contribution in [3.63, 3.8) is 0 Å². The summed E-state index contributed by atoms with van der Waals surface area (Å²) in [5.41, 5.74) is 2.85. The first kappa shape index (κ1) is 13.9. The van der Waals surface area contributed by atoms with Crippen LogP contribution in [-0.4, -0.2) is 15.0 Å². The fourth-order valence-corrected chi connectivity index (χ4v) is 3.22. The van der Waals surface area contributed by atoms with Crippen LogP contribution in [0.3, 0.4) is 0 Å². The van der Waals surface area contributed by atoms with Crippen LogP contribution < -0.4 is 5.32 Å². The Morgan fingerprint density at radius 2 is 2.17 bits per heavy atom. The minimum atomic E-state index is -0.252. The minimum absolute atomic E-state index is 0.162. The van der Waals surface area contributed by atoms with Crippen LogP contribution >= 0.6 is 11.3 Å². The Hall–Kier alpha value is -2.73. The Labute approximate surface area is 136 Å². The number of pyridine rings is 1. The summed E-state index contributed by atoms with van der Waals surface area (Å²) in [7, 11) is 0. The van der Waals surface area contributed by atoms with E-state index in [1.807, 2.05) is 29.9 Å². The molecule has 3 heterocycles. The number of thiazole rings is 1. The zero-order valence-corrected chi connectivity index (χ0v) is 12.8. The number of nitrogens with zero attached hydrogens (tertiary/aromatic N) is 2. The van der Waals surface area contributed by atoms with Crippen LogP contribution in [0.2, 0.25) is 0 Å². The number of anilines is 1. The van der Waals surface area contributed by atoms with Gasteiger partial charge in [0.15, 0.2) is 5.13 Å². The van der Waals surface area contributed by atoms with Crippen LogP contribution in [0.5, 0.6) is 0 Å². The van der Waals surface area contributed by atoms with Gasteiger partial charge in [-0.2, -0.15) is 0 Å². The molecule has 0 saturated carbocycles. The van der Waals surface area contributed by atoms with Crippen molar-refractivity contribution in [2.45, 2.75) is 6.04 Å². The third kappa shape index (κ3) is 2.68. The lowest BCUT2D eigenvalue weighted by Gasteiger charge is -2.18. The number of hydrogen-bond donors (Lipinski definition) is 2. The zero-order chi connectivity index (χ0) is 15.6. The van der Waals surface area contributed by atoms with E-state index < -0.39 is 0 Å². The van der Waals surface area contributed by atoms with Gasteiger partial charge in [0.05, 0.1) is 6.04 Å². The summed E-state index contributed by atoms with van der Waals surface area (Å²) in [5, 5.41) is 6.99. The molecule has 0 aliphatic carbocycles. The number of benzene rings is 1. The Kier molecular flexibility index (Phi) is 3.51. The van der Waals surface area contributed by atoms with E-state index in [-0.39, 0.29) is 11.9 Å². The average Bonchev–Trinajstić information content (AvgIpc) is 3.22. The van der Waals surface area contributed by atoms with E-state index in [0.717, 1.165) is 27.2 Å². The Morgan fingerprint density at radius 1 is 1.22 bits per heavy atom. The van der Waals surface area contributed by atoms with E-state index in [0.29, 0.717) is 0 Å². The molecule has 1 aromatic carbocycles. The molecular formula is C17H13FN4S. The van der Waals surface area contributed by atoms with Crippen LogP contribution in [0.4, 0.5) is 9.52 Å². The molecule has 0 aliphatic rings. The van der Waals surface area contributed by atoms with E-state index in [9.17, 15) is 4.39 Å². The Morgan fingerprint density at radius 3 is 2.96 bits per heavy atom. The second-order valence-corrected chi connectivity index (χ2v) is 6.03. The molecule has 3 aromatic heterocycles. The van der Waals surface area contributed by atoms with Crippen molar-refractivity contribution in [2.75, 3.05) is 5.32 Å². The first-order chi connectivity index (χ1) is 11.3. The number of aromatic nitrogens is 3. The molecule has 0 amide bonds. The minimum Gasteiger partial charge on any atom is -0.361 e. The maximum absolute atomic E-state index is 13.7. The molecule has 2 N–H and O–H groups in total. The van der Waals surface area contributed by atoms with Gasteiger partial charge in [-0.1, -0.05) is 6.07 Å². The standard InChI is InChI=1S/C17H13FN4S/c18-12-3-4-15-13(8-12)14(10-21-15)16(11-2-1-5-19-9-11)22-17-20-6-7-23-17/h1-10,16,21H,(H,20,22). The van der Waals surface area contributed by atoms with E-state index in [1.165, 1.54) is 17.4 Å². The fraction of sp³-hybridized carbons (Fsp3) is 0.0588. The lowest BCUT2D eigenvalue weighted by atomic mass is 10.00. The van der Waals surface area contributed by atoms with Gasteiger partial charge in [-0.25, -0.2) is 9.37 Å². The van der Waals surface area contributed by atoms with Gasteiger partial charge < -0.3 is 10.3 Å². The van der Waals surface area contributed by atoms with Crippen molar-refractivity contribution in [3.05, 3.63) is 77.4 Å². The predicted molar refractivity (Wildman–Crippen MR) is 90.1 cm³/mol. The van der Waals surface area contributed by atoms with Gasteiger partial charge in [-0.3, -0.25) is 4.98 Å². The van der Waals surface area contributed by atoms with Gasteiger partial charge in [0.2, 0.25) is 0 Å². The number of H-pyrrole nitrogens is 1. The van der Waals surface area contributed by atoms with Gasteiger partial charge in [-0.05, 0) is 29.8 Å². The molecule has 23 heavy (non-hydrogen) atoms. The quantitative estimate of drug-likeness (QED) is 0.586. The van der Waals surface area contributed by atoms with Gasteiger partial charge in [0, 0.05) is 46.6 Å². The van der Waals surface area contributed by atoms with Gasteiger partial charge in [0.25, 0.3) is 0 Å². The van der Waals surface area contributed by atoms with Crippen molar-refractivity contribution in [1.29, 1.82) is 0 Å². The smallest absolute Gasteiger partial charge is 0.183 e.